The third kappa shape index (κ3) is 4.43. The van der Waals surface area contributed by atoms with Gasteiger partial charge >= 0.3 is 0 Å². The molecule has 0 spiro atoms. The minimum Gasteiger partial charge on any atom is -0.301 e. The maximum Gasteiger partial charge on any atom is 0.0110 e. The van der Waals surface area contributed by atoms with E-state index in [0.717, 1.165) is 6.42 Å². The summed E-state index contributed by atoms with van der Waals surface area (Å²) in [6, 6.07) is 0. The second-order valence-electron chi connectivity index (χ2n) is 4.24. The number of hydrogen-bond donors (Lipinski definition) is 0. The van der Waals surface area contributed by atoms with Gasteiger partial charge in [0, 0.05) is 26.2 Å². The average molecular weight is 197 g/mol. The first-order chi connectivity index (χ1) is 6.86. The van der Waals surface area contributed by atoms with E-state index in [1.807, 2.05) is 0 Å². The van der Waals surface area contributed by atoms with Crippen molar-refractivity contribution in [3.05, 3.63) is 6.92 Å². The zero-order valence-corrected chi connectivity index (χ0v) is 9.67. The summed E-state index contributed by atoms with van der Waals surface area (Å²) in [6.07, 6.45) is 5.15. The molecule has 0 aromatic heterocycles. The molecule has 0 aliphatic carbocycles. The first-order valence-corrected chi connectivity index (χ1v) is 6.10. The Labute approximate surface area is 89.3 Å². The second-order valence-corrected chi connectivity index (χ2v) is 4.24. The highest BCUT2D eigenvalue weighted by Crippen LogP contribution is 2.04. The van der Waals surface area contributed by atoms with Gasteiger partial charge in [0.25, 0.3) is 0 Å². The topological polar surface area (TPSA) is 6.48 Å². The van der Waals surface area contributed by atoms with Crippen LogP contribution in [0.25, 0.3) is 0 Å². The molecule has 1 heterocycles. The molecule has 1 aliphatic heterocycles. The summed E-state index contributed by atoms with van der Waals surface area (Å²) in [5, 5.41) is 0. The molecular formula is C12H25N2. The third-order valence-electron chi connectivity index (χ3n) is 3.02. The van der Waals surface area contributed by atoms with Crippen LogP contribution in [0.15, 0.2) is 0 Å². The van der Waals surface area contributed by atoms with Crippen molar-refractivity contribution < 1.29 is 0 Å². The van der Waals surface area contributed by atoms with Crippen molar-refractivity contribution in [3.63, 3.8) is 0 Å². The first kappa shape index (κ1) is 12.0. The molecule has 1 rings (SSSR count). The Balaban J connectivity index is 2.03. The predicted molar refractivity (Wildman–Crippen MR) is 62.4 cm³/mol. The van der Waals surface area contributed by atoms with Gasteiger partial charge in [-0.15, -0.1) is 0 Å². The van der Waals surface area contributed by atoms with Crippen LogP contribution in [-0.2, 0) is 0 Å². The Kier molecular flexibility index (Phi) is 6.20. The highest BCUT2D eigenvalue weighted by Gasteiger charge is 2.14. The lowest BCUT2D eigenvalue weighted by molar-refractivity contribution is 0.132. The van der Waals surface area contributed by atoms with E-state index in [2.05, 4.69) is 23.6 Å². The van der Waals surface area contributed by atoms with Crippen LogP contribution in [0, 0.1) is 6.92 Å². The van der Waals surface area contributed by atoms with Gasteiger partial charge in [-0.2, -0.15) is 0 Å². The summed E-state index contributed by atoms with van der Waals surface area (Å²) in [5.41, 5.74) is 0. The number of piperazine rings is 1. The molecule has 0 aromatic rings. The van der Waals surface area contributed by atoms with Gasteiger partial charge in [-0.1, -0.05) is 26.7 Å². The van der Waals surface area contributed by atoms with Gasteiger partial charge < -0.3 is 9.80 Å². The summed E-state index contributed by atoms with van der Waals surface area (Å²) in [4.78, 5) is 5.14. The molecule has 2 nitrogen and oxygen atoms in total. The lowest BCUT2D eigenvalue weighted by Gasteiger charge is -2.34. The van der Waals surface area contributed by atoms with Crippen molar-refractivity contribution in [1.82, 2.24) is 9.80 Å². The lowest BCUT2D eigenvalue weighted by atomic mass is 10.2. The zero-order chi connectivity index (χ0) is 10.2. The fourth-order valence-corrected chi connectivity index (χ4v) is 2.05. The van der Waals surface area contributed by atoms with Gasteiger partial charge in [-0.25, -0.2) is 0 Å². The molecule has 1 aliphatic rings. The summed E-state index contributed by atoms with van der Waals surface area (Å²) < 4.78 is 0. The van der Waals surface area contributed by atoms with E-state index in [1.165, 1.54) is 58.5 Å². The van der Waals surface area contributed by atoms with Crippen LogP contribution < -0.4 is 0 Å². The van der Waals surface area contributed by atoms with Gasteiger partial charge in [0.15, 0.2) is 0 Å². The van der Waals surface area contributed by atoms with Crippen LogP contribution >= 0.6 is 0 Å². The molecule has 1 radical (unpaired) electrons. The van der Waals surface area contributed by atoms with Crippen molar-refractivity contribution in [3.8, 4) is 0 Å². The number of hydrogen-bond acceptors (Lipinski definition) is 2. The fraction of sp³-hybridized carbons (Fsp3) is 0.917. The molecule has 0 amide bonds. The van der Waals surface area contributed by atoms with E-state index in [1.54, 1.807) is 0 Å². The van der Waals surface area contributed by atoms with E-state index in [0.29, 0.717) is 0 Å². The van der Waals surface area contributed by atoms with E-state index in [-0.39, 0.29) is 0 Å². The molecule has 14 heavy (non-hydrogen) atoms. The lowest BCUT2D eigenvalue weighted by Crippen LogP contribution is -2.46. The minimum atomic E-state index is 1.05. The molecule has 0 atom stereocenters. The van der Waals surface area contributed by atoms with Gasteiger partial charge in [0.2, 0.25) is 0 Å². The Morgan fingerprint density at radius 3 is 2.00 bits per heavy atom. The van der Waals surface area contributed by atoms with Crippen molar-refractivity contribution >= 4 is 0 Å². The van der Waals surface area contributed by atoms with Crippen molar-refractivity contribution in [2.75, 3.05) is 39.3 Å². The predicted octanol–water partition coefficient (Wildman–Crippen LogP) is 2.02. The molecule has 0 bridgehead atoms. The molecule has 0 unspecified atom stereocenters. The second kappa shape index (κ2) is 7.24. The van der Waals surface area contributed by atoms with Gasteiger partial charge in [-0.05, 0) is 25.9 Å². The van der Waals surface area contributed by atoms with Crippen LogP contribution in [0.3, 0.4) is 0 Å². The number of nitrogens with zero attached hydrogens (tertiary/aromatic N) is 2. The quantitative estimate of drug-likeness (QED) is 0.601. The molecule has 1 fully saturated rings. The monoisotopic (exact) mass is 197 g/mol. The molecule has 1 saturated heterocycles. The summed E-state index contributed by atoms with van der Waals surface area (Å²) in [6.45, 7) is 13.7. The summed E-state index contributed by atoms with van der Waals surface area (Å²) in [5.74, 6) is 0. The van der Waals surface area contributed by atoms with E-state index < -0.39 is 0 Å². The van der Waals surface area contributed by atoms with Crippen molar-refractivity contribution in [2.45, 2.75) is 32.6 Å². The normalized spacial score (nSPS) is 20.1. The molecule has 83 valence electrons. The Hall–Kier alpha value is -0.0800. The van der Waals surface area contributed by atoms with Crippen LogP contribution in [-0.4, -0.2) is 49.1 Å². The van der Waals surface area contributed by atoms with Crippen LogP contribution in [0.2, 0.25) is 0 Å². The summed E-state index contributed by atoms with van der Waals surface area (Å²) in [7, 11) is 0. The summed E-state index contributed by atoms with van der Waals surface area (Å²) >= 11 is 0. The Morgan fingerprint density at radius 2 is 1.50 bits per heavy atom. The molecular weight excluding hydrogens is 172 g/mol. The fourth-order valence-electron chi connectivity index (χ4n) is 2.05. The standard InChI is InChI=1S/C12H25N2/c1-3-5-6-8-14-11-9-13(7-4-2)10-12-14/h2-12H2,1H3. The van der Waals surface area contributed by atoms with Crippen molar-refractivity contribution in [2.24, 2.45) is 0 Å². The Bertz CT molecular complexity index is 128. The Morgan fingerprint density at radius 1 is 0.929 bits per heavy atom. The van der Waals surface area contributed by atoms with Crippen LogP contribution in [0.1, 0.15) is 32.6 Å². The van der Waals surface area contributed by atoms with Crippen LogP contribution in [0.5, 0.6) is 0 Å². The third-order valence-corrected chi connectivity index (χ3v) is 3.02. The number of unbranched alkanes of at least 4 members (excludes halogenated alkanes) is 2. The van der Waals surface area contributed by atoms with E-state index in [9.17, 15) is 0 Å². The van der Waals surface area contributed by atoms with E-state index >= 15 is 0 Å². The zero-order valence-electron chi connectivity index (χ0n) is 9.67. The molecule has 0 saturated carbocycles. The van der Waals surface area contributed by atoms with Gasteiger partial charge in [0.05, 0.1) is 0 Å². The molecule has 0 aromatic carbocycles. The van der Waals surface area contributed by atoms with Gasteiger partial charge in [-0.3, -0.25) is 0 Å². The minimum absolute atomic E-state index is 1.05. The maximum atomic E-state index is 3.90. The largest absolute Gasteiger partial charge is 0.301 e. The smallest absolute Gasteiger partial charge is 0.0110 e. The highest BCUT2D eigenvalue weighted by atomic mass is 15.3. The molecule has 2 heteroatoms. The van der Waals surface area contributed by atoms with Crippen LogP contribution in [0.4, 0.5) is 0 Å². The van der Waals surface area contributed by atoms with Gasteiger partial charge in [0.1, 0.15) is 0 Å². The highest BCUT2D eigenvalue weighted by molar-refractivity contribution is 4.71. The average Bonchev–Trinajstić information content (AvgIpc) is 2.21. The first-order valence-electron chi connectivity index (χ1n) is 6.10. The van der Waals surface area contributed by atoms with Crippen molar-refractivity contribution in [1.29, 1.82) is 0 Å². The molecule has 0 N–H and O–H groups in total. The SMILES string of the molecule is [CH2]CCN1CCN(CCCCC)CC1. The van der Waals surface area contributed by atoms with E-state index in [4.69, 9.17) is 0 Å². The number of rotatable bonds is 6. The maximum absolute atomic E-state index is 3.90.